The van der Waals surface area contributed by atoms with Crippen molar-refractivity contribution in [2.45, 2.75) is 24.4 Å². The van der Waals surface area contributed by atoms with Crippen molar-refractivity contribution in [1.29, 1.82) is 0 Å². The summed E-state index contributed by atoms with van der Waals surface area (Å²) in [5, 5.41) is 3.73. The van der Waals surface area contributed by atoms with Crippen LogP contribution in [0.4, 0.5) is 0 Å². The zero-order valence-corrected chi connectivity index (χ0v) is 13.4. The van der Waals surface area contributed by atoms with Crippen LogP contribution in [0.1, 0.15) is 24.1 Å². The van der Waals surface area contributed by atoms with Gasteiger partial charge in [0.1, 0.15) is 0 Å². The summed E-state index contributed by atoms with van der Waals surface area (Å²) in [7, 11) is -3.31. The molecule has 2 rings (SSSR count). The molecule has 0 aliphatic heterocycles. The van der Waals surface area contributed by atoms with E-state index in [0.717, 1.165) is 5.56 Å². The molecule has 1 atom stereocenters. The predicted molar refractivity (Wildman–Crippen MR) is 84.1 cm³/mol. The SMILES string of the molecule is CC(NCc1c(Cl)cccc1S(C)(=O)=O)c1cccnc1. The van der Waals surface area contributed by atoms with Crippen LogP contribution in [0.3, 0.4) is 0 Å². The summed E-state index contributed by atoms with van der Waals surface area (Å²) < 4.78 is 23.6. The minimum Gasteiger partial charge on any atom is -0.306 e. The highest BCUT2D eigenvalue weighted by atomic mass is 35.5. The zero-order chi connectivity index (χ0) is 15.5. The highest BCUT2D eigenvalue weighted by Gasteiger charge is 2.16. The molecule has 0 amide bonds. The average molecular weight is 325 g/mol. The molecule has 1 aromatic carbocycles. The minimum absolute atomic E-state index is 0.0439. The van der Waals surface area contributed by atoms with Crippen molar-refractivity contribution < 1.29 is 8.42 Å². The van der Waals surface area contributed by atoms with E-state index in [0.29, 0.717) is 17.1 Å². The van der Waals surface area contributed by atoms with E-state index in [1.54, 1.807) is 30.6 Å². The lowest BCUT2D eigenvalue weighted by atomic mass is 10.1. The van der Waals surface area contributed by atoms with Crippen molar-refractivity contribution in [2.75, 3.05) is 6.26 Å². The molecule has 112 valence electrons. The number of nitrogens with one attached hydrogen (secondary N) is 1. The number of halogens is 1. The molecule has 1 heterocycles. The fourth-order valence-corrected chi connectivity index (χ4v) is 3.32. The van der Waals surface area contributed by atoms with Crippen LogP contribution in [0.2, 0.25) is 5.02 Å². The number of nitrogens with zero attached hydrogens (tertiary/aromatic N) is 1. The van der Waals surface area contributed by atoms with E-state index in [9.17, 15) is 8.42 Å². The maximum Gasteiger partial charge on any atom is 0.175 e. The van der Waals surface area contributed by atoms with Crippen LogP contribution in [0.5, 0.6) is 0 Å². The molecule has 0 bridgehead atoms. The Bertz CT molecular complexity index is 718. The average Bonchev–Trinajstić information content (AvgIpc) is 2.45. The Morgan fingerprint density at radius 1 is 1.29 bits per heavy atom. The Balaban J connectivity index is 2.21. The van der Waals surface area contributed by atoms with Gasteiger partial charge in [-0.3, -0.25) is 4.98 Å². The topological polar surface area (TPSA) is 59.1 Å². The minimum atomic E-state index is -3.31. The summed E-state index contributed by atoms with van der Waals surface area (Å²) in [6, 6.07) is 8.80. The summed E-state index contributed by atoms with van der Waals surface area (Å²) in [4.78, 5) is 4.34. The number of hydrogen-bond donors (Lipinski definition) is 1. The van der Waals surface area contributed by atoms with Crippen molar-refractivity contribution in [3.63, 3.8) is 0 Å². The van der Waals surface area contributed by atoms with Crippen molar-refractivity contribution in [3.05, 3.63) is 58.9 Å². The van der Waals surface area contributed by atoms with Crippen LogP contribution in [0.15, 0.2) is 47.6 Å². The normalized spacial score (nSPS) is 13.1. The highest BCUT2D eigenvalue weighted by molar-refractivity contribution is 7.90. The number of sulfone groups is 1. The fraction of sp³-hybridized carbons (Fsp3) is 0.267. The van der Waals surface area contributed by atoms with Gasteiger partial charge in [-0.2, -0.15) is 0 Å². The lowest BCUT2D eigenvalue weighted by molar-refractivity contribution is 0.564. The van der Waals surface area contributed by atoms with Gasteiger partial charge >= 0.3 is 0 Å². The van der Waals surface area contributed by atoms with Gasteiger partial charge in [-0.25, -0.2) is 8.42 Å². The van der Waals surface area contributed by atoms with Gasteiger partial charge in [0.15, 0.2) is 9.84 Å². The quantitative estimate of drug-likeness (QED) is 0.918. The maximum absolute atomic E-state index is 11.8. The second-order valence-electron chi connectivity index (χ2n) is 4.88. The Kier molecular flexibility index (Phi) is 4.98. The molecule has 0 fully saturated rings. The van der Waals surface area contributed by atoms with Crippen molar-refractivity contribution in [3.8, 4) is 0 Å². The first-order valence-electron chi connectivity index (χ1n) is 6.50. The van der Waals surface area contributed by atoms with Gasteiger partial charge in [-0.1, -0.05) is 23.7 Å². The molecule has 0 spiro atoms. The van der Waals surface area contributed by atoms with Gasteiger partial charge in [-0.05, 0) is 30.7 Å². The summed E-state index contributed by atoms with van der Waals surface area (Å²) >= 11 is 6.15. The zero-order valence-electron chi connectivity index (χ0n) is 11.9. The predicted octanol–water partition coefficient (Wildman–Crippen LogP) is 2.99. The standard InChI is InChI=1S/C15H17ClN2O2S/c1-11(12-5-4-8-17-9-12)18-10-13-14(16)6-3-7-15(13)21(2,19)20/h3-9,11,18H,10H2,1-2H3. The lowest BCUT2D eigenvalue weighted by Gasteiger charge is -2.16. The van der Waals surface area contributed by atoms with Crippen LogP contribution in [-0.4, -0.2) is 19.7 Å². The lowest BCUT2D eigenvalue weighted by Crippen LogP contribution is -2.20. The Morgan fingerprint density at radius 3 is 2.67 bits per heavy atom. The van der Waals surface area contributed by atoms with Crippen LogP contribution >= 0.6 is 11.6 Å². The summed E-state index contributed by atoms with van der Waals surface area (Å²) in [5.41, 5.74) is 1.63. The van der Waals surface area contributed by atoms with E-state index < -0.39 is 9.84 Å². The molecule has 0 aliphatic rings. The Morgan fingerprint density at radius 2 is 2.05 bits per heavy atom. The third-order valence-corrected chi connectivity index (χ3v) is 4.78. The molecule has 21 heavy (non-hydrogen) atoms. The Hall–Kier alpha value is -1.43. The van der Waals surface area contributed by atoms with Crippen LogP contribution in [0, 0.1) is 0 Å². The van der Waals surface area contributed by atoms with Gasteiger partial charge in [0, 0.05) is 41.8 Å². The first-order valence-corrected chi connectivity index (χ1v) is 8.77. The highest BCUT2D eigenvalue weighted by Crippen LogP contribution is 2.24. The molecule has 6 heteroatoms. The fourth-order valence-electron chi connectivity index (χ4n) is 2.06. The van der Waals surface area contributed by atoms with E-state index in [4.69, 9.17) is 11.6 Å². The maximum atomic E-state index is 11.8. The van der Waals surface area contributed by atoms with Crippen LogP contribution < -0.4 is 5.32 Å². The third kappa shape index (κ3) is 4.03. The first kappa shape index (κ1) is 15.9. The third-order valence-electron chi connectivity index (χ3n) is 3.24. The molecule has 0 radical (unpaired) electrons. The molecular weight excluding hydrogens is 308 g/mol. The molecule has 4 nitrogen and oxygen atoms in total. The summed E-state index contributed by atoms with van der Waals surface area (Å²) in [5.74, 6) is 0. The van der Waals surface area contributed by atoms with E-state index in [2.05, 4.69) is 10.3 Å². The van der Waals surface area contributed by atoms with E-state index in [1.807, 2.05) is 19.1 Å². The van der Waals surface area contributed by atoms with Crippen molar-refractivity contribution in [2.24, 2.45) is 0 Å². The number of hydrogen-bond acceptors (Lipinski definition) is 4. The number of rotatable bonds is 5. The summed E-state index contributed by atoms with van der Waals surface area (Å²) in [6.45, 7) is 2.37. The molecule has 1 unspecified atom stereocenters. The largest absolute Gasteiger partial charge is 0.306 e. The molecule has 0 saturated carbocycles. The van der Waals surface area contributed by atoms with Crippen LogP contribution in [0.25, 0.3) is 0 Å². The van der Waals surface area contributed by atoms with E-state index >= 15 is 0 Å². The molecule has 2 aromatic rings. The van der Waals surface area contributed by atoms with Gasteiger partial charge in [0.25, 0.3) is 0 Å². The van der Waals surface area contributed by atoms with Crippen LogP contribution in [-0.2, 0) is 16.4 Å². The Labute approximate surface area is 130 Å². The number of pyridine rings is 1. The summed E-state index contributed by atoms with van der Waals surface area (Å²) in [6.07, 6.45) is 4.68. The van der Waals surface area contributed by atoms with E-state index in [-0.39, 0.29) is 10.9 Å². The smallest absolute Gasteiger partial charge is 0.175 e. The number of aromatic nitrogens is 1. The van der Waals surface area contributed by atoms with E-state index in [1.165, 1.54) is 6.26 Å². The first-order chi connectivity index (χ1) is 9.89. The second-order valence-corrected chi connectivity index (χ2v) is 7.27. The van der Waals surface area contributed by atoms with Crippen molar-refractivity contribution >= 4 is 21.4 Å². The number of benzene rings is 1. The van der Waals surface area contributed by atoms with Gasteiger partial charge in [-0.15, -0.1) is 0 Å². The van der Waals surface area contributed by atoms with Gasteiger partial charge < -0.3 is 5.32 Å². The molecule has 0 saturated heterocycles. The molecular formula is C15H17ClN2O2S. The molecule has 1 N–H and O–H groups in total. The van der Waals surface area contributed by atoms with Gasteiger partial charge in [0.05, 0.1) is 4.90 Å². The van der Waals surface area contributed by atoms with Crippen molar-refractivity contribution in [1.82, 2.24) is 10.3 Å². The monoisotopic (exact) mass is 324 g/mol. The van der Waals surface area contributed by atoms with Gasteiger partial charge in [0.2, 0.25) is 0 Å². The molecule has 1 aromatic heterocycles. The molecule has 0 aliphatic carbocycles. The second kappa shape index (κ2) is 6.56.